The van der Waals surface area contributed by atoms with E-state index in [0.29, 0.717) is 6.61 Å². The van der Waals surface area contributed by atoms with Gasteiger partial charge < -0.3 is 14.8 Å². The van der Waals surface area contributed by atoms with E-state index in [2.05, 4.69) is 36.5 Å². The summed E-state index contributed by atoms with van der Waals surface area (Å²) in [6.45, 7) is 5.28. The predicted octanol–water partition coefficient (Wildman–Crippen LogP) is 2.47. The number of rotatable bonds is 8. The fraction of sp³-hybridized carbons (Fsp3) is 0.467. The third-order valence-electron chi connectivity index (χ3n) is 2.64. The predicted molar refractivity (Wildman–Crippen MR) is 75.6 cm³/mol. The molecular formula is C15H23NO2. The van der Waals surface area contributed by atoms with Crippen LogP contribution in [-0.2, 0) is 16.1 Å². The van der Waals surface area contributed by atoms with E-state index in [9.17, 15) is 0 Å². The molecule has 0 aliphatic heterocycles. The van der Waals surface area contributed by atoms with Crippen LogP contribution in [0.3, 0.4) is 0 Å². The topological polar surface area (TPSA) is 30.5 Å². The first-order chi connectivity index (χ1) is 8.77. The summed E-state index contributed by atoms with van der Waals surface area (Å²) in [4.78, 5) is 0. The molecule has 1 rings (SSSR count). The van der Waals surface area contributed by atoms with Crippen molar-refractivity contribution in [2.24, 2.45) is 0 Å². The fourth-order valence-corrected chi connectivity index (χ4v) is 1.74. The lowest BCUT2D eigenvalue weighted by atomic mass is 10.1. The van der Waals surface area contributed by atoms with Gasteiger partial charge in [0.05, 0.1) is 13.2 Å². The molecule has 0 bridgehead atoms. The third kappa shape index (κ3) is 5.45. The lowest BCUT2D eigenvalue weighted by molar-refractivity contribution is 0.184. The highest BCUT2D eigenvalue weighted by molar-refractivity contribution is 5.56. The molecule has 0 aliphatic carbocycles. The Kier molecular flexibility index (Phi) is 7.34. The highest BCUT2D eigenvalue weighted by Gasteiger charge is 1.99. The van der Waals surface area contributed by atoms with Gasteiger partial charge in [0.2, 0.25) is 0 Å². The smallest absolute Gasteiger partial charge is 0.0718 e. The van der Waals surface area contributed by atoms with Gasteiger partial charge in [-0.15, -0.1) is 0 Å². The highest BCUT2D eigenvalue weighted by atomic mass is 16.5. The quantitative estimate of drug-likeness (QED) is 0.718. The van der Waals surface area contributed by atoms with Crippen LogP contribution in [0, 0.1) is 0 Å². The van der Waals surface area contributed by atoms with E-state index in [-0.39, 0.29) is 0 Å². The standard InChI is InChI=1S/C15H23NO2/c1-13(11-16-8-9-17-2)10-14-6-4-5-7-15(14)12-18-3/h4-7,10,16H,8-9,11-12H2,1-3H3. The Labute approximate surface area is 110 Å². The molecular weight excluding hydrogens is 226 g/mol. The lowest BCUT2D eigenvalue weighted by Crippen LogP contribution is -2.20. The van der Waals surface area contributed by atoms with Crippen LogP contribution in [0.25, 0.3) is 6.08 Å². The van der Waals surface area contributed by atoms with Gasteiger partial charge in [-0.1, -0.05) is 35.9 Å². The molecule has 0 spiro atoms. The van der Waals surface area contributed by atoms with Crippen LogP contribution in [0.5, 0.6) is 0 Å². The summed E-state index contributed by atoms with van der Waals surface area (Å²) < 4.78 is 10.2. The molecule has 100 valence electrons. The first-order valence-electron chi connectivity index (χ1n) is 6.21. The fourth-order valence-electron chi connectivity index (χ4n) is 1.74. The molecule has 0 atom stereocenters. The molecule has 0 fully saturated rings. The van der Waals surface area contributed by atoms with Gasteiger partial charge in [-0.2, -0.15) is 0 Å². The Hall–Kier alpha value is -1.16. The van der Waals surface area contributed by atoms with E-state index in [1.54, 1.807) is 14.2 Å². The Morgan fingerprint density at radius 3 is 2.72 bits per heavy atom. The molecule has 0 amide bonds. The van der Waals surface area contributed by atoms with Crippen LogP contribution < -0.4 is 5.32 Å². The highest BCUT2D eigenvalue weighted by Crippen LogP contribution is 2.13. The van der Waals surface area contributed by atoms with Crippen molar-refractivity contribution in [3.63, 3.8) is 0 Å². The van der Waals surface area contributed by atoms with Crippen molar-refractivity contribution in [1.82, 2.24) is 5.32 Å². The normalized spacial score (nSPS) is 11.8. The minimum absolute atomic E-state index is 0.650. The van der Waals surface area contributed by atoms with Gasteiger partial charge >= 0.3 is 0 Å². The lowest BCUT2D eigenvalue weighted by Gasteiger charge is -2.07. The Bertz CT molecular complexity index is 375. The zero-order valence-electron chi connectivity index (χ0n) is 11.5. The Balaban J connectivity index is 2.58. The molecule has 1 aromatic carbocycles. The maximum absolute atomic E-state index is 5.20. The van der Waals surface area contributed by atoms with E-state index in [1.807, 2.05) is 6.07 Å². The number of benzene rings is 1. The van der Waals surface area contributed by atoms with Gasteiger partial charge in [0.15, 0.2) is 0 Å². The van der Waals surface area contributed by atoms with E-state index >= 15 is 0 Å². The van der Waals surface area contributed by atoms with E-state index in [1.165, 1.54) is 16.7 Å². The summed E-state index contributed by atoms with van der Waals surface area (Å²) in [6.07, 6.45) is 2.20. The van der Waals surface area contributed by atoms with Crippen molar-refractivity contribution in [3.05, 3.63) is 41.0 Å². The summed E-state index contributed by atoms with van der Waals surface area (Å²) >= 11 is 0. The van der Waals surface area contributed by atoms with Crippen molar-refractivity contribution < 1.29 is 9.47 Å². The van der Waals surface area contributed by atoms with E-state index in [4.69, 9.17) is 9.47 Å². The molecule has 3 heteroatoms. The average Bonchev–Trinajstić information content (AvgIpc) is 2.37. The van der Waals surface area contributed by atoms with Crippen molar-refractivity contribution in [2.75, 3.05) is 33.9 Å². The van der Waals surface area contributed by atoms with E-state index < -0.39 is 0 Å². The summed E-state index contributed by atoms with van der Waals surface area (Å²) in [7, 11) is 3.44. The molecule has 1 aromatic rings. The Morgan fingerprint density at radius 1 is 1.22 bits per heavy atom. The zero-order valence-corrected chi connectivity index (χ0v) is 11.5. The molecule has 18 heavy (non-hydrogen) atoms. The maximum atomic E-state index is 5.20. The molecule has 0 heterocycles. The first kappa shape index (κ1) is 14.9. The molecule has 0 unspecified atom stereocenters. The molecule has 3 nitrogen and oxygen atoms in total. The van der Waals surface area contributed by atoms with Crippen molar-refractivity contribution in [1.29, 1.82) is 0 Å². The van der Waals surface area contributed by atoms with Gasteiger partial charge in [0.1, 0.15) is 0 Å². The minimum Gasteiger partial charge on any atom is -0.383 e. The molecule has 1 N–H and O–H groups in total. The maximum Gasteiger partial charge on any atom is 0.0718 e. The second kappa shape index (κ2) is 8.86. The van der Waals surface area contributed by atoms with Crippen LogP contribution in [0.4, 0.5) is 0 Å². The zero-order chi connectivity index (χ0) is 13.2. The van der Waals surface area contributed by atoms with Gasteiger partial charge in [0, 0.05) is 27.3 Å². The van der Waals surface area contributed by atoms with Crippen LogP contribution in [0.1, 0.15) is 18.1 Å². The SMILES string of the molecule is COCCNCC(C)=Cc1ccccc1COC. The van der Waals surface area contributed by atoms with Crippen molar-refractivity contribution in [3.8, 4) is 0 Å². The molecule has 0 aromatic heterocycles. The van der Waals surface area contributed by atoms with Crippen LogP contribution in [0.15, 0.2) is 29.8 Å². The van der Waals surface area contributed by atoms with Crippen molar-refractivity contribution >= 4 is 6.08 Å². The number of hydrogen-bond donors (Lipinski definition) is 1. The number of ether oxygens (including phenoxy) is 2. The summed E-state index contributed by atoms with van der Waals surface area (Å²) in [5, 5.41) is 3.33. The monoisotopic (exact) mass is 249 g/mol. The Morgan fingerprint density at radius 2 is 2.00 bits per heavy atom. The number of methoxy groups -OCH3 is 2. The first-order valence-corrected chi connectivity index (χ1v) is 6.21. The van der Waals surface area contributed by atoms with Gasteiger partial charge in [-0.3, -0.25) is 0 Å². The molecule has 0 saturated heterocycles. The average molecular weight is 249 g/mol. The molecule has 0 radical (unpaired) electrons. The van der Waals surface area contributed by atoms with Crippen LogP contribution in [-0.4, -0.2) is 33.9 Å². The second-order valence-corrected chi connectivity index (χ2v) is 4.29. The number of hydrogen-bond acceptors (Lipinski definition) is 3. The van der Waals surface area contributed by atoms with E-state index in [0.717, 1.165) is 19.7 Å². The molecule has 0 saturated carbocycles. The summed E-state index contributed by atoms with van der Waals surface area (Å²) in [5.41, 5.74) is 3.75. The summed E-state index contributed by atoms with van der Waals surface area (Å²) in [6, 6.07) is 8.31. The largest absolute Gasteiger partial charge is 0.383 e. The summed E-state index contributed by atoms with van der Waals surface area (Å²) in [5.74, 6) is 0. The third-order valence-corrected chi connectivity index (χ3v) is 2.64. The second-order valence-electron chi connectivity index (χ2n) is 4.29. The minimum atomic E-state index is 0.650. The van der Waals surface area contributed by atoms with Gasteiger partial charge in [0.25, 0.3) is 0 Å². The van der Waals surface area contributed by atoms with Crippen molar-refractivity contribution in [2.45, 2.75) is 13.5 Å². The van der Waals surface area contributed by atoms with Crippen LogP contribution in [0.2, 0.25) is 0 Å². The molecule has 0 aliphatic rings. The van der Waals surface area contributed by atoms with Crippen LogP contribution >= 0.6 is 0 Å². The van der Waals surface area contributed by atoms with Gasteiger partial charge in [-0.25, -0.2) is 0 Å². The number of nitrogens with one attached hydrogen (secondary N) is 1. The van der Waals surface area contributed by atoms with Gasteiger partial charge in [-0.05, 0) is 18.1 Å².